The molecule has 110 valence electrons. The van der Waals surface area contributed by atoms with E-state index in [0.29, 0.717) is 10.6 Å². The smallest absolute Gasteiger partial charge is 0.224 e. The molecule has 0 bridgehead atoms. The minimum absolute atomic E-state index is 0.122. The second-order valence-corrected chi connectivity index (χ2v) is 5.15. The monoisotopic (exact) mass is 305 g/mol. The van der Waals surface area contributed by atoms with Crippen LogP contribution in [-0.2, 0) is 11.2 Å². The number of phenols is 1. The molecule has 0 unspecified atom stereocenters. The summed E-state index contributed by atoms with van der Waals surface area (Å²) in [4.78, 5) is 11.8. The number of carbonyl (C=O) groups excluding carboxylic acids is 1. The molecule has 0 aliphatic heterocycles. The molecule has 1 atom stereocenters. The third kappa shape index (κ3) is 4.77. The molecule has 0 saturated heterocycles. The third-order valence-electron chi connectivity index (χ3n) is 3.03. The maximum absolute atomic E-state index is 11.8. The fraction of sp³-hybridized carbons (Fsp3) is 0.188. The minimum Gasteiger partial charge on any atom is -0.508 e. The molecule has 0 radical (unpaired) electrons. The summed E-state index contributed by atoms with van der Waals surface area (Å²) in [6, 6.07) is 13.3. The van der Waals surface area contributed by atoms with Crippen LogP contribution in [0.15, 0.2) is 48.5 Å². The second-order valence-electron chi connectivity index (χ2n) is 4.72. The Kier molecular flexibility index (Phi) is 5.20. The third-order valence-corrected chi connectivity index (χ3v) is 3.26. The van der Waals surface area contributed by atoms with Crippen LogP contribution in [0, 0.1) is 0 Å². The van der Waals surface area contributed by atoms with Crippen molar-refractivity contribution in [1.82, 2.24) is 5.32 Å². The second kappa shape index (κ2) is 7.11. The maximum Gasteiger partial charge on any atom is 0.224 e. The molecule has 2 aromatic rings. The van der Waals surface area contributed by atoms with E-state index in [4.69, 9.17) is 11.6 Å². The summed E-state index contributed by atoms with van der Waals surface area (Å²) < 4.78 is 0. The van der Waals surface area contributed by atoms with Crippen molar-refractivity contribution in [3.63, 3.8) is 0 Å². The van der Waals surface area contributed by atoms with Crippen molar-refractivity contribution in [2.45, 2.75) is 12.5 Å². The lowest BCUT2D eigenvalue weighted by molar-refractivity contribution is -0.120. The Labute approximate surface area is 128 Å². The fourth-order valence-corrected chi connectivity index (χ4v) is 2.10. The van der Waals surface area contributed by atoms with Gasteiger partial charge in [0.15, 0.2) is 0 Å². The predicted molar refractivity (Wildman–Crippen MR) is 81.2 cm³/mol. The summed E-state index contributed by atoms with van der Waals surface area (Å²) >= 11 is 5.85. The molecule has 2 rings (SSSR count). The Morgan fingerprint density at radius 2 is 1.90 bits per heavy atom. The van der Waals surface area contributed by atoms with Crippen LogP contribution in [0.4, 0.5) is 0 Å². The van der Waals surface area contributed by atoms with Crippen LogP contribution in [0.2, 0.25) is 5.02 Å². The number of amides is 1. The fourth-order valence-electron chi connectivity index (χ4n) is 1.90. The molecule has 0 saturated carbocycles. The van der Waals surface area contributed by atoms with E-state index in [1.165, 1.54) is 12.1 Å². The average Bonchev–Trinajstić information content (AvgIpc) is 2.47. The van der Waals surface area contributed by atoms with Gasteiger partial charge in [-0.05, 0) is 35.4 Å². The Balaban J connectivity index is 1.84. The zero-order valence-electron chi connectivity index (χ0n) is 11.3. The summed E-state index contributed by atoms with van der Waals surface area (Å²) in [6.07, 6.45) is -0.602. The molecule has 5 heteroatoms. The highest BCUT2D eigenvalue weighted by Gasteiger charge is 2.10. The quantitative estimate of drug-likeness (QED) is 0.794. The van der Waals surface area contributed by atoms with Crippen LogP contribution in [0.1, 0.15) is 17.2 Å². The zero-order chi connectivity index (χ0) is 15.2. The van der Waals surface area contributed by atoms with Gasteiger partial charge in [-0.15, -0.1) is 0 Å². The minimum atomic E-state index is -0.799. The number of aliphatic hydroxyl groups is 1. The first-order valence-corrected chi connectivity index (χ1v) is 6.90. The van der Waals surface area contributed by atoms with Crippen molar-refractivity contribution < 1.29 is 15.0 Å². The normalized spacial score (nSPS) is 11.9. The van der Waals surface area contributed by atoms with E-state index in [2.05, 4.69) is 5.32 Å². The first-order valence-electron chi connectivity index (χ1n) is 6.53. The van der Waals surface area contributed by atoms with Gasteiger partial charge >= 0.3 is 0 Å². The van der Waals surface area contributed by atoms with Crippen molar-refractivity contribution in [3.8, 4) is 5.75 Å². The number of aliphatic hydroxyl groups excluding tert-OH is 1. The summed E-state index contributed by atoms with van der Waals surface area (Å²) in [5, 5.41) is 22.4. The molecule has 0 spiro atoms. The summed E-state index contributed by atoms with van der Waals surface area (Å²) in [7, 11) is 0. The highest BCUT2D eigenvalue weighted by atomic mass is 35.5. The van der Waals surface area contributed by atoms with Gasteiger partial charge in [-0.3, -0.25) is 4.79 Å². The van der Waals surface area contributed by atoms with E-state index in [0.717, 1.165) is 5.56 Å². The van der Waals surface area contributed by atoms with Crippen LogP contribution in [0.5, 0.6) is 5.75 Å². The highest BCUT2D eigenvalue weighted by molar-refractivity contribution is 6.30. The Bertz CT molecular complexity index is 613. The van der Waals surface area contributed by atoms with Gasteiger partial charge in [0.2, 0.25) is 5.91 Å². The van der Waals surface area contributed by atoms with Gasteiger partial charge in [0.05, 0.1) is 12.5 Å². The number of nitrogens with one attached hydrogen (secondary N) is 1. The van der Waals surface area contributed by atoms with Crippen LogP contribution in [0.3, 0.4) is 0 Å². The van der Waals surface area contributed by atoms with Crippen molar-refractivity contribution in [2.75, 3.05) is 6.54 Å². The van der Waals surface area contributed by atoms with Crippen LogP contribution < -0.4 is 5.32 Å². The zero-order valence-corrected chi connectivity index (χ0v) is 12.0. The van der Waals surface area contributed by atoms with E-state index in [-0.39, 0.29) is 24.6 Å². The van der Waals surface area contributed by atoms with Gasteiger partial charge in [0.25, 0.3) is 0 Å². The molecule has 0 fully saturated rings. The van der Waals surface area contributed by atoms with Gasteiger partial charge in [-0.25, -0.2) is 0 Å². The molecule has 0 heterocycles. The van der Waals surface area contributed by atoms with Gasteiger partial charge in [-0.2, -0.15) is 0 Å². The first-order chi connectivity index (χ1) is 10.0. The molecule has 3 N–H and O–H groups in total. The number of phenolic OH excluding ortho intramolecular Hbond substituents is 1. The highest BCUT2D eigenvalue weighted by Crippen LogP contribution is 2.17. The maximum atomic E-state index is 11.8. The Morgan fingerprint density at radius 1 is 1.19 bits per heavy atom. The van der Waals surface area contributed by atoms with E-state index in [1.54, 1.807) is 36.4 Å². The number of carbonyl (C=O) groups is 1. The molecule has 1 amide bonds. The number of hydrogen-bond donors (Lipinski definition) is 3. The molecule has 0 aromatic heterocycles. The molecule has 4 nitrogen and oxygen atoms in total. The van der Waals surface area contributed by atoms with E-state index < -0.39 is 6.10 Å². The van der Waals surface area contributed by atoms with Gasteiger partial charge < -0.3 is 15.5 Å². The standard InChI is InChI=1S/C16H16ClNO3/c17-13-3-1-2-12(9-13)15(20)10-18-16(21)8-11-4-6-14(19)7-5-11/h1-7,9,15,19-20H,8,10H2,(H,18,21)/t15-/m0/s1. The number of rotatable bonds is 5. The van der Waals surface area contributed by atoms with Crippen molar-refractivity contribution in [1.29, 1.82) is 0 Å². The van der Waals surface area contributed by atoms with Crippen LogP contribution in [0.25, 0.3) is 0 Å². The predicted octanol–water partition coefficient (Wildman–Crippen LogP) is 2.44. The van der Waals surface area contributed by atoms with Crippen molar-refractivity contribution >= 4 is 17.5 Å². The number of halogens is 1. The van der Waals surface area contributed by atoms with Crippen molar-refractivity contribution in [2.24, 2.45) is 0 Å². The number of benzene rings is 2. The van der Waals surface area contributed by atoms with Gasteiger partial charge in [0.1, 0.15) is 5.75 Å². The lowest BCUT2D eigenvalue weighted by atomic mass is 10.1. The lowest BCUT2D eigenvalue weighted by Gasteiger charge is -2.12. The Morgan fingerprint density at radius 3 is 2.57 bits per heavy atom. The summed E-state index contributed by atoms with van der Waals surface area (Å²) in [5.41, 5.74) is 1.45. The average molecular weight is 306 g/mol. The summed E-state index contributed by atoms with van der Waals surface area (Å²) in [5.74, 6) is -0.0303. The van der Waals surface area contributed by atoms with Gasteiger partial charge in [-0.1, -0.05) is 35.9 Å². The molecule has 0 aliphatic rings. The van der Waals surface area contributed by atoms with E-state index >= 15 is 0 Å². The summed E-state index contributed by atoms with van der Waals surface area (Å²) in [6.45, 7) is 0.122. The lowest BCUT2D eigenvalue weighted by Crippen LogP contribution is -2.29. The largest absolute Gasteiger partial charge is 0.508 e. The molecule has 0 aliphatic carbocycles. The van der Waals surface area contributed by atoms with E-state index in [1.807, 2.05) is 0 Å². The number of hydrogen-bond acceptors (Lipinski definition) is 3. The van der Waals surface area contributed by atoms with Crippen LogP contribution in [-0.4, -0.2) is 22.7 Å². The Hall–Kier alpha value is -2.04. The SMILES string of the molecule is O=C(Cc1ccc(O)cc1)NC[C@H](O)c1cccc(Cl)c1. The van der Waals surface area contributed by atoms with E-state index in [9.17, 15) is 15.0 Å². The topological polar surface area (TPSA) is 69.6 Å². The molecular formula is C16H16ClNO3. The molecule has 2 aromatic carbocycles. The first kappa shape index (κ1) is 15.4. The molecular weight excluding hydrogens is 290 g/mol. The number of aromatic hydroxyl groups is 1. The van der Waals surface area contributed by atoms with Crippen LogP contribution >= 0.6 is 11.6 Å². The molecule has 21 heavy (non-hydrogen) atoms. The van der Waals surface area contributed by atoms with Gasteiger partial charge in [0, 0.05) is 11.6 Å². The van der Waals surface area contributed by atoms with Crippen molar-refractivity contribution in [3.05, 3.63) is 64.7 Å².